The molecule has 1 aromatic heterocycles. The molecule has 0 unspecified atom stereocenters. The topological polar surface area (TPSA) is 50.2 Å². The van der Waals surface area contributed by atoms with Crippen LogP contribution >= 0.6 is 15.9 Å². The summed E-state index contributed by atoms with van der Waals surface area (Å²) in [5.74, 6) is -7.24. The van der Waals surface area contributed by atoms with Crippen LogP contribution in [0.1, 0.15) is 33.4 Å². The summed E-state index contributed by atoms with van der Waals surface area (Å²) < 4.78 is 93.5. The number of pyridine rings is 1. The van der Waals surface area contributed by atoms with E-state index in [1.165, 1.54) is 20.8 Å². The molecule has 0 saturated carbocycles. The third-order valence-electron chi connectivity index (χ3n) is 3.83. The van der Waals surface area contributed by atoms with E-state index in [1.807, 2.05) is 0 Å². The lowest BCUT2D eigenvalue weighted by Gasteiger charge is -2.40. The van der Waals surface area contributed by atoms with E-state index in [2.05, 4.69) is 20.9 Å². The van der Waals surface area contributed by atoms with Crippen LogP contribution in [0.2, 0.25) is 0 Å². The maximum absolute atomic E-state index is 14.8. The van der Waals surface area contributed by atoms with E-state index in [4.69, 9.17) is 0 Å². The van der Waals surface area contributed by atoms with Crippen LogP contribution in [0, 0.1) is 5.82 Å². The van der Waals surface area contributed by atoms with Crippen LogP contribution in [-0.2, 0) is 16.2 Å². The van der Waals surface area contributed by atoms with Crippen molar-refractivity contribution in [3.05, 3.63) is 28.2 Å². The van der Waals surface area contributed by atoms with Crippen LogP contribution in [0.5, 0.6) is 0 Å². The summed E-state index contributed by atoms with van der Waals surface area (Å²) in [6.45, 7) is 4.93. The van der Waals surface area contributed by atoms with E-state index < -0.39 is 56.4 Å². The molecule has 0 fully saturated rings. The maximum Gasteiger partial charge on any atom is 0.420 e. The second-order valence-corrected chi connectivity index (χ2v) is 9.98. The van der Waals surface area contributed by atoms with Gasteiger partial charge in [-0.05, 0) is 55.8 Å². The Hall–Kier alpha value is -0.680. The van der Waals surface area contributed by atoms with Crippen LogP contribution in [-0.4, -0.2) is 43.0 Å². The van der Waals surface area contributed by atoms with Gasteiger partial charge in [-0.2, -0.15) is 13.2 Å². The van der Waals surface area contributed by atoms with Crippen molar-refractivity contribution in [3.8, 4) is 0 Å². The molecular formula is C15H18BrF6NO2S. The van der Waals surface area contributed by atoms with Crippen LogP contribution < -0.4 is 0 Å². The third-order valence-corrected chi connectivity index (χ3v) is 6.47. The summed E-state index contributed by atoms with van der Waals surface area (Å²) in [5.41, 5.74) is -4.01. The van der Waals surface area contributed by atoms with Crippen LogP contribution in [0.15, 0.2) is 16.7 Å². The SMILES string of the molecule is CC(C)(C)[S@@](=O)C[C@](C)(c1nc(Br)ccc1F)C(F)(F)[C@@H](O)C(F)(F)F. The van der Waals surface area contributed by atoms with Gasteiger partial charge in [-0.15, -0.1) is 0 Å². The molecule has 26 heavy (non-hydrogen) atoms. The van der Waals surface area contributed by atoms with Crippen molar-refractivity contribution < 1.29 is 35.7 Å². The number of aliphatic hydroxyl groups is 1. The molecule has 0 radical (unpaired) electrons. The summed E-state index contributed by atoms with van der Waals surface area (Å²) in [6.07, 6.45) is -9.76. The second kappa shape index (κ2) is 7.38. The van der Waals surface area contributed by atoms with E-state index in [9.17, 15) is 35.7 Å². The molecule has 0 aliphatic rings. The Morgan fingerprint density at radius 1 is 1.15 bits per heavy atom. The largest absolute Gasteiger partial charge is 0.420 e. The van der Waals surface area contributed by atoms with Crippen molar-refractivity contribution in [1.29, 1.82) is 0 Å². The Kier molecular flexibility index (Phi) is 6.63. The van der Waals surface area contributed by atoms with Crippen molar-refractivity contribution in [2.45, 2.75) is 56.1 Å². The molecule has 0 aliphatic carbocycles. The number of aliphatic hydroxyl groups excluding tert-OH is 1. The van der Waals surface area contributed by atoms with E-state index in [1.54, 1.807) is 0 Å². The van der Waals surface area contributed by atoms with Gasteiger partial charge < -0.3 is 5.11 Å². The molecule has 1 rings (SSSR count). The molecule has 0 amide bonds. The predicted octanol–water partition coefficient (Wildman–Crippen LogP) is 4.35. The molecule has 1 heterocycles. The molecule has 0 saturated heterocycles. The monoisotopic (exact) mass is 469 g/mol. The molecular weight excluding hydrogens is 452 g/mol. The molecule has 11 heteroatoms. The average molecular weight is 470 g/mol. The summed E-state index contributed by atoms with van der Waals surface area (Å²) >= 11 is 2.85. The van der Waals surface area contributed by atoms with E-state index >= 15 is 0 Å². The maximum atomic E-state index is 14.8. The van der Waals surface area contributed by atoms with Gasteiger partial charge in [0.15, 0.2) is 0 Å². The number of hydrogen-bond donors (Lipinski definition) is 1. The number of nitrogens with zero attached hydrogens (tertiary/aromatic N) is 1. The molecule has 0 spiro atoms. The Balaban J connectivity index is 3.67. The van der Waals surface area contributed by atoms with Crippen molar-refractivity contribution in [2.75, 3.05) is 5.75 Å². The van der Waals surface area contributed by atoms with Gasteiger partial charge in [-0.3, -0.25) is 4.21 Å². The smallest absolute Gasteiger partial charge is 0.379 e. The van der Waals surface area contributed by atoms with Gasteiger partial charge in [0, 0.05) is 21.3 Å². The molecule has 3 atom stereocenters. The summed E-state index contributed by atoms with van der Waals surface area (Å²) in [7, 11) is -2.09. The lowest BCUT2D eigenvalue weighted by molar-refractivity contribution is -0.284. The van der Waals surface area contributed by atoms with Gasteiger partial charge in [-0.25, -0.2) is 18.2 Å². The third kappa shape index (κ3) is 4.59. The minimum absolute atomic E-state index is 0.0982. The Labute approximate surface area is 157 Å². The zero-order valence-electron chi connectivity index (χ0n) is 14.3. The van der Waals surface area contributed by atoms with Crippen LogP contribution in [0.3, 0.4) is 0 Å². The van der Waals surface area contributed by atoms with Gasteiger partial charge in [0.2, 0.25) is 6.10 Å². The minimum Gasteiger partial charge on any atom is -0.379 e. The van der Waals surface area contributed by atoms with Crippen LogP contribution in [0.25, 0.3) is 0 Å². The Bertz CT molecular complexity index is 692. The highest BCUT2D eigenvalue weighted by Gasteiger charge is 2.66. The highest BCUT2D eigenvalue weighted by Crippen LogP contribution is 2.47. The van der Waals surface area contributed by atoms with E-state index in [0.717, 1.165) is 12.1 Å². The number of alkyl halides is 5. The van der Waals surface area contributed by atoms with Gasteiger partial charge >= 0.3 is 6.18 Å². The second-order valence-electron chi connectivity index (χ2n) is 6.97. The minimum atomic E-state index is -5.67. The first-order chi connectivity index (χ1) is 11.4. The Morgan fingerprint density at radius 3 is 2.08 bits per heavy atom. The lowest BCUT2D eigenvalue weighted by Crippen LogP contribution is -2.60. The standard InChI is InChI=1S/C15H18BrF6NO2S/c1-12(2,3)26(25)7-13(4,10-8(17)5-6-9(16)23-10)14(18,19)11(24)15(20,21)22/h5-6,11,24H,7H2,1-4H3/t11-,13-,26+/m1/s1. The van der Waals surface area contributed by atoms with E-state index in [0.29, 0.717) is 6.92 Å². The van der Waals surface area contributed by atoms with Crippen molar-refractivity contribution in [3.63, 3.8) is 0 Å². The molecule has 0 aliphatic heterocycles. The normalized spacial score (nSPS) is 18.3. The molecule has 0 bridgehead atoms. The fourth-order valence-corrected chi connectivity index (χ4v) is 3.71. The van der Waals surface area contributed by atoms with E-state index in [-0.39, 0.29) is 4.60 Å². The number of halogens is 7. The average Bonchev–Trinajstić information content (AvgIpc) is 2.46. The van der Waals surface area contributed by atoms with Gasteiger partial charge in [0.05, 0.1) is 11.1 Å². The number of hydrogen-bond acceptors (Lipinski definition) is 3. The van der Waals surface area contributed by atoms with Crippen molar-refractivity contribution >= 4 is 26.7 Å². The number of aromatic nitrogens is 1. The highest BCUT2D eigenvalue weighted by atomic mass is 79.9. The summed E-state index contributed by atoms with van der Waals surface area (Å²) in [5, 5.41) is 9.25. The van der Waals surface area contributed by atoms with Gasteiger partial charge in [0.1, 0.15) is 10.4 Å². The van der Waals surface area contributed by atoms with Gasteiger partial charge in [0.25, 0.3) is 5.92 Å². The fourth-order valence-electron chi connectivity index (χ4n) is 2.11. The lowest BCUT2D eigenvalue weighted by atomic mass is 9.78. The molecule has 1 aromatic rings. The molecule has 0 aromatic carbocycles. The zero-order chi connectivity index (χ0) is 20.7. The van der Waals surface area contributed by atoms with Gasteiger partial charge in [-0.1, -0.05) is 0 Å². The molecule has 1 N–H and O–H groups in total. The zero-order valence-corrected chi connectivity index (χ0v) is 16.7. The quantitative estimate of drug-likeness (QED) is 0.515. The first-order valence-electron chi connectivity index (χ1n) is 7.28. The van der Waals surface area contributed by atoms with Crippen molar-refractivity contribution in [1.82, 2.24) is 4.98 Å². The molecule has 3 nitrogen and oxygen atoms in total. The summed E-state index contributed by atoms with van der Waals surface area (Å²) in [4.78, 5) is 3.56. The number of rotatable bonds is 5. The predicted molar refractivity (Wildman–Crippen MR) is 89.0 cm³/mol. The fraction of sp³-hybridized carbons (Fsp3) is 0.667. The first kappa shape index (κ1) is 23.4. The summed E-state index contributed by atoms with van der Waals surface area (Å²) in [6, 6.07) is 1.83. The van der Waals surface area contributed by atoms with Crippen LogP contribution in [0.4, 0.5) is 26.3 Å². The van der Waals surface area contributed by atoms with Crippen molar-refractivity contribution in [2.24, 2.45) is 0 Å². The first-order valence-corrected chi connectivity index (χ1v) is 9.39. The Morgan fingerprint density at radius 2 is 1.65 bits per heavy atom. The molecule has 150 valence electrons. The highest BCUT2D eigenvalue weighted by molar-refractivity contribution is 9.10.